The molecule has 0 N–H and O–H groups in total. The largest absolute Gasteiger partial charge is 0.469 e. The predicted molar refractivity (Wildman–Crippen MR) is 71.0 cm³/mol. The van der Waals surface area contributed by atoms with Gasteiger partial charge in [0.05, 0.1) is 31.5 Å². The van der Waals surface area contributed by atoms with Gasteiger partial charge in [-0.3, -0.25) is 14.5 Å². The lowest BCUT2D eigenvalue weighted by Crippen LogP contribution is -2.49. The van der Waals surface area contributed by atoms with Crippen LogP contribution in [0.2, 0.25) is 0 Å². The number of esters is 1. The van der Waals surface area contributed by atoms with E-state index in [1.807, 2.05) is 0 Å². The van der Waals surface area contributed by atoms with Crippen LogP contribution < -0.4 is 0 Å². The molecule has 2 heterocycles. The lowest BCUT2D eigenvalue weighted by atomic mass is 10.2. The van der Waals surface area contributed by atoms with Crippen LogP contribution in [0.25, 0.3) is 0 Å². The van der Waals surface area contributed by atoms with E-state index in [2.05, 4.69) is 19.8 Å². The van der Waals surface area contributed by atoms with Crippen LogP contribution in [0.3, 0.4) is 0 Å². The Morgan fingerprint density at radius 2 is 2.00 bits per heavy atom. The number of carbonyl (C=O) groups is 2. The van der Waals surface area contributed by atoms with Crippen LogP contribution in [0.5, 0.6) is 0 Å². The molecule has 1 saturated heterocycles. The average Bonchev–Trinajstić information content (AvgIpc) is 2.53. The molecule has 0 aliphatic carbocycles. The van der Waals surface area contributed by atoms with Crippen LogP contribution in [0.15, 0.2) is 18.5 Å². The summed E-state index contributed by atoms with van der Waals surface area (Å²) in [6.07, 6.45) is 3.38. The molecular weight excluding hydrogens is 260 g/mol. The van der Waals surface area contributed by atoms with Gasteiger partial charge in [-0.15, -0.1) is 0 Å². The molecule has 1 fully saturated rings. The first kappa shape index (κ1) is 14.4. The molecule has 7 heteroatoms. The van der Waals surface area contributed by atoms with Gasteiger partial charge in [0.15, 0.2) is 0 Å². The average molecular weight is 278 g/mol. The fourth-order valence-corrected chi connectivity index (χ4v) is 2.13. The summed E-state index contributed by atoms with van der Waals surface area (Å²) in [5.74, 6) is -0.223. The topological polar surface area (TPSA) is 75.6 Å². The zero-order valence-electron chi connectivity index (χ0n) is 11.5. The second-order valence-corrected chi connectivity index (χ2v) is 4.59. The summed E-state index contributed by atoms with van der Waals surface area (Å²) in [7, 11) is 1.39. The Hall–Kier alpha value is -2.02. The lowest BCUT2D eigenvalue weighted by Gasteiger charge is -2.34. The number of amides is 1. The Morgan fingerprint density at radius 3 is 2.60 bits per heavy atom. The second kappa shape index (κ2) is 6.95. The van der Waals surface area contributed by atoms with E-state index in [0.29, 0.717) is 31.6 Å². The highest BCUT2D eigenvalue weighted by atomic mass is 16.5. The monoisotopic (exact) mass is 278 g/mol. The van der Waals surface area contributed by atoms with Gasteiger partial charge in [0.25, 0.3) is 5.91 Å². The van der Waals surface area contributed by atoms with Crippen molar-refractivity contribution in [2.45, 2.75) is 6.42 Å². The highest BCUT2D eigenvalue weighted by Crippen LogP contribution is 2.08. The summed E-state index contributed by atoms with van der Waals surface area (Å²) < 4.78 is 4.62. The molecule has 1 aliphatic rings. The number of aromatic nitrogens is 2. The minimum absolute atomic E-state index is 0.0208. The standard InChI is InChI=1S/C13H18N4O3/c1-20-12(18)3-5-16-6-8-17(9-7-16)13(19)11-2-4-14-15-10-11/h2,4,10H,3,5-9H2,1H3. The van der Waals surface area contributed by atoms with Crippen molar-refractivity contribution in [3.63, 3.8) is 0 Å². The van der Waals surface area contributed by atoms with Crippen molar-refractivity contribution in [3.05, 3.63) is 24.0 Å². The molecule has 2 rings (SSSR count). The van der Waals surface area contributed by atoms with Crippen LogP contribution in [-0.4, -0.2) is 71.7 Å². The summed E-state index contributed by atoms with van der Waals surface area (Å²) in [6, 6.07) is 1.67. The summed E-state index contributed by atoms with van der Waals surface area (Å²) in [5.41, 5.74) is 0.558. The molecule has 0 unspecified atom stereocenters. The van der Waals surface area contributed by atoms with Crippen molar-refractivity contribution in [2.75, 3.05) is 39.8 Å². The Labute approximate surface area is 117 Å². The number of nitrogens with zero attached hydrogens (tertiary/aromatic N) is 4. The van der Waals surface area contributed by atoms with Crippen molar-refractivity contribution >= 4 is 11.9 Å². The van der Waals surface area contributed by atoms with Crippen LogP contribution in [0, 0.1) is 0 Å². The maximum Gasteiger partial charge on any atom is 0.306 e. The van der Waals surface area contributed by atoms with Gasteiger partial charge < -0.3 is 9.64 Å². The first-order valence-electron chi connectivity index (χ1n) is 6.56. The van der Waals surface area contributed by atoms with Gasteiger partial charge in [-0.25, -0.2) is 0 Å². The molecule has 1 aromatic heterocycles. The zero-order valence-corrected chi connectivity index (χ0v) is 11.5. The molecule has 20 heavy (non-hydrogen) atoms. The molecule has 0 aromatic carbocycles. The van der Waals surface area contributed by atoms with E-state index >= 15 is 0 Å². The van der Waals surface area contributed by atoms with Crippen molar-refractivity contribution in [3.8, 4) is 0 Å². The summed E-state index contributed by atoms with van der Waals surface area (Å²) >= 11 is 0. The number of carbonyl (C=O) groups excluding carboxylic acids is 2. The minimum atomic E-state index is -0.202. The van der Waals surface area contributed by atoms with E-state index in [9.17, 15) is 9.59 Å². The van der Waals surface area contributed by atoms with Crippen LogP contribution in [-0.2, 0) is 9.53 Å². The van der Waals surface area contributed by atoms with Gasteiger partial charge in [0.1, 0.15) is 0 Å². The smallest absolute Gasteiger partial charge is 0.306 e. The van der Waals surface area contributed by atoms with Gasteiger partial charge in [0, 0.05) is 32.7 Å². The molecule has 0 bridgehead atoms. The summed E-state index contributed by atoms with van der Waals surface area (Å²) in [4.78, 5) is 27.2. The number of ether oxygens (including phenoxy) is 1. The normalized spacial score (nSPS) is 15.9. The Bertz CT molecular complexity index is 458. The van der Waals surface area contributed by atoms with E-state index in [1.54, 1.807) is 11.0 Å². The Balaban J connectivity index is 1.79. The Morgan fingerprint density at radius 1 is 1.25 bits per heavy atom. The Kier molecular flexibility index (Phi) is 5.00. The molecule has 0 radical (unpaired) electrons. The van der Waals surface area contributed by atoms with E-state index in [0.717, 1.165) is 13.1 Å². The van der Waals surface area contributed by atoms with Crippen molar-refractivity contribution in [1.82, 2.24) is 20.0 Å². The highest BCUT2D eigenvalue weighted by molar-refractivity contribution is 5.93. The molecule has 7 nitrogen and oxygen atoms in total. The molecule has 1 aromatic rings. The van der Waals surface area contributed by atoms with E-state index in [4.69, 9.17) is 0 Å². The van der Waals surface area contributed by atoms with E-state index < -0.39 is 0 Å². The number of piperazine rings is 1. The van der Waals surface area contributed by atoms with Crippen LogP contribution in [0.4, 0.5) is 0 Å². The van der Waals surface area contributed by atoms with Gasteiger partial charge in [-0.2, -0.15) is 10.2 Å². The molecule has 108 valence electrons. The molecule has 0 spiro atoms. The minimum Gasteiger partial charge on any atom is -0.469 e. The number of hydrogen-bond donors (Lipinski definition) is 0. The first-order chi connectivity index (χ1) is 9.70. The molecule has 1 aliphatic heterocycles. The SMILES string of the molecule is COC(=O)CCN1CCN(C(=O)c2ccnnc2)CC1. The van der Waals surface area contributed by atoms with Gasteiger partial charge in [0.2, 0.25) is 0 Å². The van der Waals surface area contributed by atoms with E-state index in [1.165, 1.54) is 19.5 Å². The van der Waals surface area contributed by atoms with Crippen molar-refractivity contribution in [2.24, 2.45) is 0 Å². The number of methoxy groups -OCH3 is 1. The maximum atomic E-state index is 12.2. The zero-order chi connectivity index (χ0) is 14.4. The highest BCUT2D eigenvalue weighted by Gasteiger charge is 2.22. The third-order valence-corrected chi connectivity index (χ3v) is 3.35. The fourth-order valence-electron chi connectivity index (χ4n) is 2.13. The van der Waals surface area contributed by atoms with Crippen molar-refractivity contribution in [1.29, 1.82) is 0 Å². The second-order valence-electron chi connectivity index (χ2n) is 4.59. The first-order valence-corrected chi connectivity index (χ1v) is 6.56. The van der Waals surface area contributed by atoms with Crippen LogP contribution in [0.1, 0.15) is 16.8 Å². The third kappa shape index (κ3) is 3.74. The quantitative estimate of drug-likeness (QED) is 0.710. The van der Waals surface area contributed by atoms with Crippen LogP contribution >= 0.6 is 0 Å². The van der Waals surface area contributed by atoms with Crippen molar-refractivity contribution < 1.29 is 14.3 Å². The van der Waals surface area contributed by atoms with Gasteiger partial charge >= 0.3 is 5.97 Å². The number of hydrogen-bond acceptors (Lipinski definition) is 6. The number of rotatable bonds is 4. The van der Waals surface area contributed by atoms with Gasteiger partial charge in [-0.1, -0.05) is 0 Å². The maximum absolute atomic E-state index is 12.2. The molecule has 0 saturated carbocycles. The van der Waals surface area contributed by atoms with Gasteiger partial charge in [-0.05, 0) is 6.07 Å². The molecule has 1 amide bonds. The molecular formula is C13H18N4O3. The fraction of sp³-hybridized carbons (Fsp3) is 0.538. The lowest BCUT2D eigenvalue weighted by molar-refractivity contribution is -0.141. The van der Waals surface area contributed by atoms with E-state index in [-0.39, 0.29) is 11.9 Å². The predicted octanol–water partition coefficient (Wildman–Crippen LogP) is -0.203. The summed E-state index contributed by atoms with van der Waals surface area (Å²) in [6.45, 7) is 3.51. The summed E-state index contributed by atoms with van der Waals surface area (Å²) in [5, 5.41) is 7.38. The molecule has 0 atom stereocenters. The third-order valence-electron chi connectivity index (χ3n) is 3.35.